The Kier molecular flexibility index (Phi) is 4.13. The molecule has 6 nitrogen and oxygen atoms in total. The second-order valence-corrected chi connectivity index (χ2v) is 5.51. The minimum Gasteiger partial charge on any atom is -0.378 e. The van der Waals surface area contributed by atoms with Gasteiger partial charge in [-0.2, -0.15) is 5.26 Å². The van der Waals surface area contributed by atoms with Crippen LogP contribution in [0.2, 0.25) is 0 Å². The van der Waals surface area contributed by atoms with Gasteiger partial charge in [0.2, 0.25) is 5.91 Å². The van der Waals surface area contributed by atoms with E-state index in [9.17, 15) is 4.79 Å². The van der Waals surface area contributed by atoms with Gasteiger partial charge in [0.05, 0.1) is 13.2 Å². The minimum atomic E-state index is -0.252. The average Bonchev–Trinajstić information content (AvgIpc) is 3.32. The van der Waals surface area contributed by atoms with Crippen molar-refractivity contribution >= 4 is 5.91 Å². The van der Waals surface area contributed by atoms with Crippen molar-refractivity contribution in [2.75, 3.05) is 19.8 Å². The summed E-state index contributed by atoms with van der Waals surface area (Å²) in [5, 5.41) is 11.9. The summed E-state index contributed by atoms with van der Waals surface area (Å²) in [4.78, 5) is 18.4. The molecule has 6 heteroatoms. The van der Waals surface area contributed by atoms with E-state index in [-0.39, 0.29) is 11.9 Å². The fraction of sp³-hybridized carbons (Fsp3) is 0.533. The molecule has 0 aromatic carbocycles. The fourth-order valence-electron chi connectivity index (χ4n) is 2.46. The van der Waals surface area contributed by atoms with Crippen molar-refractivity contribution < 1.29 is 9.53 Å². The highest BCUT2D eigenvalue weighted by Crippen LogP contribution is 2.20. The Morgan fingerprint density at radius 3 is 3.19 bits per heavy atom. The van der Waals surface area contributed by atoms with Gasteiger partial charge < -0.3 is 10.1 Å². The van der Waals surface area contributed by atoms with Crippen LogP contribution in [0.3, 0.4) is 0 Å². The Morgan fingerprint density at radius 2 is 2.43 bits per heavy atom. The van der Waals surface area contributed by atoms with Gasteiger partial charge in [-0.3, -0.25) is 9.69 Å². The number of ether oxygens (including phenoxy) is 1. The molecule has 21 heavy (non-hydrogen) atoms. The first-order chi connectivity index (χ1) is 10.3. The monoisotopic (exact) mass is 286 g/mol. The first kappa shape index (κ1) is 14.0. The largest absolute Gasteiger partial charge is 0.378 e. The highest BCUT2D eigenvalue weighted by Gasteiger charge is 2.33. The molecule has 2 fully saturated rings. The Bertz CT molecular complexity index is 565. The van der Waals surface area contributed by atoms with Crippen molar-refractivity contribution in [2.45, 2.75) is 31.5 Å². The molecule has 1 atom stereocenters. The summed E-state index contributed by atoms with van der Waals surface area (Å²) in [6, 6.07) is 5.79. The number of nitriles is 1. The number of hydrogen-bond donors (Lipinski definition) is 1. The van der Waals surface area contributed by atoms with Gasteiger partial charge in [-0.15, -0.1) is 0 Å². The van der Waals surface area contributed by atoms with Crippen molar-refractivity contribution in [3.63, 3.8) is 0 Å². The smallest absolute Gasteiger partial charge is 0.239 e. The molecule has 3 rings (SSSR count). The molecule has 1 saturated carbocycles. The molecule has 0 bridgehead atoms. The number of amides is 1. The first-order valence-corrected chi connectivity index (χ1v) is 7.23. The standard InChI is InChI=1S/C15H18N4O2/c16-8-13-7-11(3-4-17-13)9-19-5-6-21-10-14(19)15(20)18-12-1-2-12/h3-4,7,12,14H,1-2,5-6,9-10H2,(H,18,20). The number of carbonyl (C=O) groups excluding carboxylic acids is 1. The summed E-state index contributed by atoms with van der Waals surface area (Å²) < 4.78 is 5.45. The summed E-state index contributed by atoms with van der Waals surface area (Å²) in [7, 11) is 0. The van der Waals surface area contributed by atoms with Gasteiger partial charge in [0.15, 0.2) is 0 Å². The summed E-state index contributed by atoms with van der Waals surface area (Å²) in [6.07, 6.45) is 3.79. The molecule has 1 aromatic heterocycles. The van der Waals surface area contributed by atoms with Crippen LogP contribution >= 0.6 is 0 Å². The van der Waals surface area contributed by atoms with E-state index in [2.05, 4.69) is 15.2 Å². The Hall–Kier alpha value is -1.97. The van der Waals surface area contributed by atoms with Crippen LogP contribution in [0.5, 0.6) is 0 Å². The second kappa shape index (κ2) is 6.20. The Morgan fingerprint density at radius 1 is 1.57 bits per heavy atom. The van der Waals surface area contributed by atoms with Crippen molar-refractivity contribution in [1.82, 2.24) is 15.2 Å². The lowest BCUT2D eigenvalue weighted by molar-refractivity contribution is -0.133. The molecule has 1 aliphatic carbocycles. The fourth-order valence-corrected chi connectivity index (χ4v) is 2.46. The highest BCUT2D eigenvalue weighted by molar-refractivity contribution is 5.82. The van der Waals surface area contributed by atoms with E-state index in [1.165, 1.54) is 0 Å². The third-order valence-corrected chi connectivity index (χ3v) is 3.79. The molecular formula is C15H18N4O2. The van der Waals surface area contributed by atoms with Gasteiger partial charge in [-0.25, -0.2) is 4.98 Å². The Balaban J connectivity index is 1.68. The van der Waals surface area contributed by atoms with Gasteiger partial charge in [0, 0.05) is 25.3 Å². The molecule has 1 saturated heterocycles. The van der Waals surface area contributed by atoms with Gasteiger partial charge in [0.1, 0.15) is 17.8 Å². The van der Waals surface area contributed by atoms with E-state index in [0.29, 0.717) is 38.0 Å². The zero-order valence-corrected chi connectivity index (χ0v) is 11.8. The summed E-state index contributed by atoms with van der Waals surface area (Å²) >= 11 is 0. The lowest BCUT2D eigenvalue weighted by atomic mass is 10.1. The molecule has 110 valence electrons. The van der Waals surface area contributed by atoms with Crippen LogP contribution in [0, 0.1) is 11.3 Å². The SMILES string of the molecule is N#Cc1cc(CN2CCOCC2C(=O)NC2CC2)ccn1. The van der Waals surface area contributed by atoms with Crippen LogP contribution in [-0.4, -0.2) is 47.6 Å². The molecule has 0 radical (unpaired) electrons. The summed E-state index contributed by atoms with van der Waals surface area (Å²) in [6.45, 7) is 2.40. The van der Waals surface area contributed by atoms with Gasteiger partial charge in [-0.1, -0.05) is 0 Å². The van der Waals surface area contributed by atoms with Crippen LogP contribution in [0.4, 0.5) is 0 Å². The summed E-state index contributed by atoms with van der Waals surface area (Å²) in [5.74, 6) is 0.0479. The number of rotatable bonds is 4. The van der Waals surface area contributed by atoms with Gasteiger partial charge in [0.25, 0.3) is 0 Å². The molecule has 1 N–H and O–H groups in total. The van der Waals surface area contributed by atoms with Crippen molar-refractivity contribution in [3.8, 4) is 6.07 Å². The predicted octanol–water partition coefficient (Wildman–Crippen LogP) is 0.433. The van der Waals surface area contributed by atoms with Crippen LogP contribution in [-0.2, 0) is 16.1 Å². The molecule has 1 aliphatic heterocycles. The second-order valence-electron chi connectivity index (χ2n) is 5.51. The number of hydrogen-bond acceptors (Lipinski definition) is 5. The highest BCUT2D eigenvalue weighted by atomic mass is 16.5. The maximum Gasteiger partial charge on any atom is 0.239 e. The zero-order chi connectivity index (χ0) is 14.7. The maximum absolute atomic E-state index is 12.3. The number of nitrogens with one attached hydrogen (secondary N) is 1. The minimum absolute atomic E-state index is 0.0479. The third kappa shape index (κ3) is 3.57. The van der Waals surface area contributed by atoms with Crippen LogP contribution in [0.1, 0.15) is 24.1 Å². The van der Waals surface area contributed by atoms with E-state index >= 15 is 0 Å². The van der Waals surface area contributed by atoms with E-state index in [1.54, 1.807) is 12.3 Å². The molecule has 1 amide bonds. The molecule has 2 aliphatic rings. The molecule has 1 aromatic rings. The maximum atomic E-state index is 12.3. The lowest BCUT2D eigenvalue weighted by Gasteiger charge is -2.34. The topological polar surface area (TPSA) is 78.2 Å². The lowest BCUT2D eigenvalue weighted by Crippen LogP contribution is -2.53. The van der Waals surface area contributed by atoms with E-state index in [0.717, 1.165) is 18.4 Å². The number of aromatic nitrogens is 1. The number of carbonyl (C=O) groups is 1. The van der Waals surface area contributed by atoms with E-state index in [4.69, 9.17) is 10.00 Å². The normalized spacial score (nSPS) is 22.5. The zero-order valence-electron chi connectivity index (χ0n) is 11.8. The van der Waals surface area contributed by atoms with Crippen LogP contribution < -0.4 is 5.32 Å². The van der Waals surface area contributed by atoms with E-state index < -0.39 is 0 Å². The predicted molar refractivity (Wildman–Crippen MR) is 75.1 cm³/mol. The van der Waals surface area contributed by atoms with Crippen LogP contribution in [0.15, 0.2) is 18.3 Å². The van der Waals surface area contributed by atoms with E-state index in [1.807, 2.05) is 12.1 Å². The number of morpholine rings is 1. The van der Waals surface area contributed by atoms with Crippen molar-refractivity contribution in [1.29, 1.82) is 5.26 Å². The number of nitrogens with zero attached hydrogens (tertiary/aromatic N) is 3. The van der Waals surface area contributed by atoms with Gasteiger partial charge in [-0.05, 0) is 30.5 Å². The van der Waals surface area contributed by atoms with Crippen LogP contribution in [0.25, 0.3) is 0 Å². The molecule has 2 heterocycles. The quantitative estimate of drug-likeness (QED) is 0.868. The van der Waals surface area contributed by atoms with Crippen molar-refractivity contribution in [3.05, 3.63) is 29.6 Å². The van der Waals surface area contributed by atoms with Crippen molar-refractivity contribution in [2.24, 2.45) is 0 Å². The number of pyridine rings is 1. The third-order valence-electron chi connectivity index (χ3n) is 3.79. The molecular weight excluding hydrogens is 268 g/mol. The summed E-state index contributed by atoms with van der Waals surface area (Å²) in [5.41, 5.74) is 1.40. The first-order valence-electron chi connectivity index (χ1n) is 7.23. The average molecular weight is 286 g/mol. The Labute approximate surface area is 123 Å². The van der Waals surface area contributed by atoms with Gasteiger partial charge >= 0.3 is 0 Å². The molecule has 1 unspecified atom stereocenters. The molecule has 0 spiro atoms.